The number of carbonyl (C=O) groups is 1. The summed E-state index contributed by atoms with van der Waals surface area (Å²) in [5.41, 5.74) is -0.112. The largest absolute Gasteiger partial charge is 0.343 e. The van der Waals surface area contributed by atoms with Crippen molar-refractivity contribution in [2.24, 2.45) is 5.41 Å². The van der Waals surface area contributed by atoms with Gasteiger partial charge < -0.3 is 10.2 Å². The van der Waals surface area contributed by atoms with E-state index >= 15 is 0 Å². The summed E-state index contributed by atoms with van der Waals surface area (Å²) < 4.78 is 0. The Bertz CT molecular complexity index is 212. The molecule has 0 aliphatic carbocycles. The predicted molar refractivity (Wildman–Crippen MR) is 67.4 cm³/mol. The molecule has 1 fully saturated rings. The molecule has 0 aromatic heterocycles. The maximum Gasteiger partial charge on any atom is 0.230 e. The van der Waals surface area contributed by atoms with Crippen LogP contribution >= 0.6 is 0 Å². The lowest BCUT2D eigenvalue weighted by atomic mass is 9.75. The summed E-state index contributed by atoms with van der Waals surface area (Å²) in [6, 6.07) is 0. The van der Waals surface area contributed by atoms with Crippen molar-refractivity contribution in [2.75, 3.05) is 26.2 Å². The number of hydrogen-bond donors (Lipinski definition) is 1. The molecule has 94 valence electrons. The normalized spacial score (nSPS) is 25.4. The molecule has 1 rings (SSSR count). The second kappa shape index (κ2) is 6.24. The number of hydrogen-bond acceptors (Lipinski definition) is 2. The average molecular weight is 226 g/mol. The van der Waals surface area contributed by atoms with Gasteiger partial charge in [0.15, 0.2) is 0 Å². The average Bonchev–Trinajstić information content (AvgIpc) is 2.32. The number of nitrogens with one attached hydrogen (secondary N) is 1. The molecule has 1 atom stereocenters. The maximum absolute atomic E-state index is 12.6. The topological polar surface area (TPSA) is 32.3 Å². The van der Waals surface area contributed by atoms with Gasteiger partial charge in [0.25, 0.3) is 0 Å². The van der Waals surface area contributed by atoms with E-state index in [0.29, 0.717) is 5.91 Å². The number of amides is 1. The fraction of sp³-hybridized carbons (Fsp3) is 0.923. The van der Waals surface area contributed by atoms with Gasteiger partial charge in [-0.25, -0.2) is 0 Å². The second-order valence-corrected chi connectivity index (χ2v) is 4.79. The highest BCUT2D eigenvalue weighted by molar-refractivity contribution is 5.83. The number of carbonyl (C=O) groups excluding carboxylic acids is 1. The summed E-state index contributed by atoms with van der Waals surface area (Å²) in [7, 11) is 0. The van der Waals surface area contributed by atoms with Gasteiger partial charge in [0.1, 0.15) is 0 Å². The van der Waals surface area contributed by atoms with Crippen molar-refractivity contribution >= 4 is 5.91 Å². The van der Waals surface area contributed by atoms with Gasteiger partial charge in [-0.1, -0.05) is 13.3 Å². The van der Waals surface area contributed by atoms with Gasteiger partial charge in [-0.3, -0.25) is 4.79 Å². The Kier molecular flexibility index (Phi) is 5.26. The van der Waals surface area contributed by atoms with Crippen LogP contribution in [-0.4, -0.2) is 37.0 Å². The first-order valence-corrected chi connectivity index (χ1v) is 6.70. The van der Waals surface area contributed by atoms with Crippen LogP contribution < -0.4 is 5.32 Å². The number of piperidine rings is 1. The van der Waals surface area contributed by atoms with Crippen LogP contribution in [-0.2, 0) is 4.79 Å². The van der Waals surface area contributed by atoms with E-state index in [-0.39, 0.29) is 5.41 Å². The molecule has 1 unspecified atom stereocenters. The monoisotopic (exact) mass is 226 g/mol. The molecule has 1 heterocycles. The Hall–Kier alpha value is -0.570. The molecule has 0 radical (unpaired) electrons. The van der Waals surface area contributed by atoms with Crippen LogP contribution in [0.2, 0.25) is 0 Å². The first kappa shape index (κ1) is 13.5. The van der Waals surface area contributed by atoms with Crippen LogP contribution in [0.1, 0.15) is 46.5 Å². The summed E-state index contributed by atoms with van der Waals surface area (Å²) in [4.78, 5) is 14.5. The summed E-state index contributed by atoms with van der Waals surface area (Å²) in [6.45, 7) is 9.91. The lowest BCUT2D eigenvalue weighted by Gasteiger charge is -2.39. The second-order valence-electron chi connectivity index (χ2n) is 4.79. The predicted octanol–water partition coefficient (Wildman–Crippen LogP) is 2.02. The minimum atomic E-state index is -0.112. The highest BCUT2D eigenvalue weighted by Crippen LogP contribution is 2.33. The van der Waals surface area contributed by atoms with Gasteiger partial charge in [-0.15, -0.1) is 0 Å². The molecule has 0 aromatic rings. The van der Waals surface area contributed by atoms with E-state index in [1.807, 2.05) is 4.90 Å². The third-order valence-electron chi connectivity index (χ3n) is 3.71. The minimum Gasteiger partial charge on any atom is -0.343 e. The molecule has 0 spiro atoms. The van der Waals surface area contributed by atoms with Crippen LogP contribution in [0.4, 0.5) is 0 Å². The minimum absolute atomic E-state index is 0.112. The van der Waals surface area contributed by atoms with Crippen molar-refractivity contribution in [3.63, 3.8) is 0 Å². The zero-order valence-corrected chi connectivity index (χ0v) is 11.0. The van der Waals surface area contributed by atoms with Crippen molar-refractivity contribution in [3.8, 4) is 0 Å². The third-order valence-corrected chi connectivity index (χ3v) is 3.71. The fourth-order valence-corrected chi connectivity index (χ4v) is 2.80. The highest BCUT2D eigenvalue weighted by atomic mass is 16.2. The van der Waals surface area contributed by atoms with E-state index in [9.17, 15) is 4.79 Å². The van der Waals surface area contributed by atoms with E-state index < -0.39 is 0 Å². The molecular formula is C13H26N2O. The van der Waals surface area contributed by atoms with Crippen molar-refractivity contribution < 1.29 is 4.79 Å². The lowest BCUT2D eigenvalue weighted by Crippen LogP contribution is -2.51. The molecule has 0 aromatic carbocycles. The lowest BCUT2D eigenvalue weighted by molar-refractivity contribution is -0.143. The van der Waals surface area contributed by atoms with Crippen LogP contribution in [0.3, 0.4) is 0 Å². The van der Waals surface area contributed by atoms with Crippen molar-refractivity contribution in [1.82, 2.24) is 10.2 Å². The van der Waals surface area contributed by atoms with E-state index in [1.54, 1.807) is 0 Å². The van der Waals surface area contributed by atoms with Crippen molar-refractivity contribution in [2.45, 2.75) is 46.5 Å². The molecule has 1 saturated heterocycles. The van der Waals surface area contributed by atoms with E-state index in [2.05, 4.69) is 26.1 Å². The first-order chi connectivity index (χ1) is 7.70. The molecule has 0 saturated carbocycles. The van der Waals surface area contributed by atoms with Crippen LogP contribution in [0.25, 0.3) is 0 Å². The molecule has 3 heteroatoms. The summed E-state index contributed by atoms with van der Waals surface area (Å²) in [6.07, 6.45) is 4.31. The molecular weight excluding hydrogens is 200 g/mol. The van der Waals surface area contributed by atoms with Crippen LogP contribution in [0.5, 0.6) is 0 Å². The van der Waals surface area contributed by atoms with Gasteiger partial charge in [0.05, 0.1) is 5.41 Å². The molecule has 0 bridgehead atoms. The molecule has 3 nitrogen and oxygen atoms in total. The summed E-state index contributed by atoms with van der Waals surface area (Å²) >= 11 is 0. The Morgan fingerprint density at radius 3 is 2.44 bits per heavy atom. The molecule has 1 amide bonds. The van der Waals surface area contributed by atoms with E-state index in [4.69, 9.17) is 0 Å². The van der Waals surface area contributed by atoms with E-state index in [1.165, 1.54) is 0 Å². The van der Waals surface area contributed by atoms with E-state index in [0.717, 1.165) is 51.9 Å². The van der Waals surface area contributed by atoms with Gasteiger partial charge in [0, 0.05) is 19.6 Å². The highest BCUT2D eigenvalue weighted by Gasteiger charge is 2.40. The van der Waals surface area contributed by atoms with Crippen LogP contribution in [0, 0.1) is 5.41 Å². The van der Waals surface area contributed by atoms with Gasteiger partial charge in [-0.2, -0.15) is 0 Å². The Labute approximate surface area is 99.6 Å². The zero-order valence-electron chi connectivity index (χ0n) is 11.0. The molecule has 1 N–H and O–H groups in total. The molecule has 16 heavy (non-hydrogen) atoms. The smallest absolute Gasteiger partial charge is 0.230 e. The Morgan fingerprint density at radius 1 is 1.31 bits per heavy atom. The van der Waals surface area contributed by atoms with Gasteiger partial charge in [0.2, 0.25) is 5.91 Å². The SMILES string of the molecule is CCCC1(C(=O)N(CC)CC)CCCNC1. The first-order valence-electron chi connectivity index (χ1n) is 6.70. The van der Waals surface area contributed by atoms with Crippen molar-refractivity contribution in [1.29, 1.82) is 0 Å². The number of rotatable bonds is 5. The van der Waals surface area contributed by atoms with Crippen molar-refractivity contribution in [3.05, 3.63) is 0 Å². The quantitative estimate of drug-likeness (QED) is 0.778. The summed E-state index contributed by atoms with van der Waals surface area (Å²) in [5.74, 6) is 0.367. The van der Waals surface area contributed by atoms with Gasteiger partial charge in [-0.05, 0) is 39.7 Å². The fourth-order valence-electron chi connectivity index (χ4n) is 2.80. The zero-order chi connectivity index (χ0) is 12.0. The van der Waals surface area contributed by atoms with Crippen LogP contribution in [0.15, 0.2) is 0 Å². The third kappa shape index (κ3) is 2.76. The van der Waals surface area contributed by atoms with Gasteiger partial charge >= 0.3 is 0 Å². The Morgan fingerprint density at radius 2 is 2.00 bits per heavy atom. The Balaban J connectivity index is 2.78. The summed E-state index contributed by atoms with van der Waals surface area (Å²) in [5, 5.41) is 3.40. The maximum atomic E-state index is 12.6. The molecule has 1 aliphatic heterocycles. The standard InChI is InChI=1S/C13H26N2O/c1-4-8-13(9-7-10-14-11-13)12(16)15(5-2)6-3/h14H,4-11H2,1-3H3. The molecule has 1 aliphatic rings. The number of nitrogens with zero attached hydrogens (tertiary/aromatic N) is 1.